The second kappa shape index (κ2) is 10.8. The minimum atomic E-state index is -0.176. The number of aromatic nitrogens is 1. The fourth-order valence-corrected chi connectivity index (χ4v) is 4.68. The first kappa shape index (κ1) is 23.2. The van der Waals surface area contributed by atoms with Crippen LogP contribution in [0.3, 0.4) is 0 Å². The van der Waals surface area contributed by atoms with Crippen molar-refractivity contribution in [3.8, 4) is 0 Å². The molecule has 9 heteroatoms. The summed E-state index contributed by atoms with van der Waals surface area (Å²) in [5.41, 5.74) is 2.19. The van der Waals surface area contributed by atoms with Crippen molar-refractivity contribution in [2.24, 2.45) is 0 Å². The lowest BCUT2D eigenvalue weighted by Gasteiger charge is -2.23. The molecule has 1 aromatic heterocycles. The van der Waals surface area contributed by atoms with Crippen LogP contribution in [0.15, 0.2) is 64.0 Å². The molecule has 4 rings (SSSR count). The van der Waals surface area contributed by atoms with Crippen molar-refractivity contribution >= 4 is 41.0 Å². The fourth-order valence-electron chi connectivity index (χ4n) is 3.63. The molecule has 0 spiro atoms. The van der Waals surface area contributed by atoms with Gasteiger partial charge in [0.25, 0.3) is 5.91 Å². The number of amides is 3. The highest BCUT2D eigenvalue weighted by atomic mass is 35.5. The monoisotopic (exact) mass is 484 g/mol. The zero-order valence-electron chi connectivity index (χ0n) is 18.3. The van der Waals surface area contributed by atoms with Gasteiger partial charge in [-0.1, -0.05) is 28.9 Å². The van der Waals surface area contributed by atoms with E-state index in [0.29, 0.717) is 54.6 Å². The van der Waals surface area contributed by atoms with E-state index < -0.39 is 0 Å². The van der Waals surface area contributed by atoms with Gasteiger partial charge in [-0.15, -0.1) is 11.8 Å². The fraction of sp³-hybridized carbons (Fsp3) is 0.292. The summed E-state index contributed by atoms with van der Waals surface area (Å²) >= 11 is 7.46. The first-order valence-electron chi connectivity index (χ1n) is 10.7. The number of nitrogens with zero attached hydrogens (tertiary/aromatic N) is 3. The summed E-state index contributed by atoms with van der Waals surface area (Å²) in [6, 6.07) is 16.3. The molecule has 172 valence electrons. The Bertz CT molecular complexity index is 1120. The summed E-state index contributed by atoms with van der Waals surface area (Å²) in [5.74, 6) is 1.35. The standard InChI is InChI=1S/C24H25ClN4O3S/c1-17-15-20(32-27-17)16-33-22-6-3-2-5-21(22)23(30)28-11-4-12-29(14-13-28)24(31)26-19-9-7-18(25)8-10-19/h2-3,5-10,15H,4,11-14,16H2,1H3,(H,26,31). The zero-order valence-corrected chi connectivity index (χ0v) is 19.9. The second-order valence-corrected chi connectivity index (χ2v) is 9.24. The van der Waals surface area contributed by atoms with E-state index in [-0.39, 0.29) is 11.9 Å². The van der Waals surface area contributed by atoms with Gasteiger partial charge < -0.3 is 19.6 Å². The normalized spacial score (nSPS) is 14.1. The van der Waals surface area contributed by atoms with Crippen LogP contribution in [-0.4, -0.2) is 53.1 Å². The molecule has 0 aliphatic carbocycles. The van der Waals surface area contributed by atoms with E-state index in [1.165, 1.54) is 0 Å². The number of benzene rings is 2. The quantitative estimate of drug-likeness (QED) is 0.496. The molecule has 1 fully saturated rings. The van der Waals surface area contributed by atoms with E-state index in [4.69, 9.17) is 16.1 Å². The molecule has 1 N–H and O–H groups in total. The van der Waals surface area contributed by atoms with Crippen LogP contribution >= 0.6 is 23.4 Å². The van der Waals surface area contributed by atoms with Gasteiger partial charge in [-0.25, -0.2) is 4.79 Å². The Morgan fingerprint density at radius 3 is 2.55 bits per heavy atom. The van der Waals surface area contributed by atoms with E-state index in [0.717, 1.165) is 16.3 Å². The first-order valence-corrected chi connectivity index (χ1v) is 12.1. The highest BCUT2D eigenvalue weighted by molar-refractivity contribution is 7.98. The van der Waals surface area contributed by atoms with E-state index in [1.54, 1.807) is 40.9 Å². The molecule has 1 aliphatic rings. The van der Waals surface area contributed by atoms with Crippen LogP contribution in [0, 0.1) is 6.92 Å². The molecule has 0 bridgehead atoms. The lowest BCUT2D eigenvalue weighted by Crippen LogP contribution is -2.39. The minimum Gasteiger partial charge on any atom is -0.360 e. The number of thioether (sulfide) groups is 1. The molecule has 3 aromatic rings. The summed E-state index contributed by atoms with van der Waals surface area (Å²) in [7, 11) is 0. The highest BCUT2D eigenvalue weighted by Gasteiger charge is 2.24. The number of hydrogen-bond donors (Lipinski definition) is 1. The predicted octanol–water partition coefficient (Wildman–Crippen LogP) is 5.31. The smallest absolute Gasteiger partial charge is 0.321 e. The maximum absolute atomic E-state index is 13.3. The minimum absolute atomic E-state index is 0.0215. The van der Waals surface area contributed by atoms with E-state index in [1.807, 2.05) is 42.2 Å². The van der Waals surface area contributed by atoms with Gasteiger partial charge in [0.1, 0.15) is 5.76 Å². The van der Waals surface area contributed by atoms with Crippen molar-refractivity contribution in [3.05, 3.63) is 76.6 Å². The Balaban J connectivity index is 1.37. The Labute approximate surface area is 202 Å². The average molecular weight is 485 g/mol. The number of anilines is 1. The molecule has 1 saturated heterocycles. The van der Waals surface area contributed by atoms with Crippen LogP contribution in [0.25, 0.3) is 0 Å². The summed E-state index contributed by atoms with van der Waals surface area (Å²) in [5, 5.41) is 7.43. The van der Waals surface area contributed by atoms with E-state index in [2.05, 4.69) is 10.5 Å². The van der Waals surface area contributed by atoms with Gasteiger partial charge in [0, 0.05) is 47.9 Å². The SMILES string of the molecule is Cc1cc(CSc2ccccc2C(=O)N2CCCN(C(=O)Nc3ccc(Cl)cc3)CC2)on1. The molecular formula is C24H25ClN4O3S. The van der Waals surface area contributed by atoms with E-state index in [9.17, 15) is 9.59 Å². The molecule has 2 heterocycles. The average Bonchev–Trinajstić information content (AvgIpc) is 3.08. The molecule has 0 unspecified atom stereocenters. The number of aryl methyl sites for hydroxylation is 1. The van der Waals surface area contributed by atoms with Gasteiger partial charge in [-0.2, -0.15) is 0 Å². The number of carbonyl (C=O) groups is 2. The van der Waals surface area contributed by atoms with Gasteiger partial charge in [0.2, 0.25) is 0 Å². The molecule has 3 amide bonds. The first-order chi connectivity index (χ1) is 16.0. The third kappa shape index (κ3) is 6.09. The van der Waals surface area contributed by atoms with Gasteiger partial charge in [0.05, 0.1) is 17.0 Å². The number of hydrogen-bond acceptors (Lipinski definition) is 5. The Kier molecular flexibility index (Phi) is 7.57. The number of nitrogens with one attached hydrogen (secondary N) is 1. The maximum atomic E-state index is 13.3. The molecule has 0 saturated carbocycles. The molecule has 2 aromatic carbocycles. The van der Waals surface area contributed by atoms with Crippen LogP contribution in [0.4, 0.5) is 10.5 Å². The second-order valence-electron chi connectivity index (χ2n) is 7.79. The van der Waals surface area contributed by atoms with Crippen molar-refractivity contribution in [3.63, 3.8) is 0 Å². The molecule has 0 radical (unpaired) electrons. The van der Waals surface area contributed by atoms with Crippen LogP contribution in [0.1, 0.15) is 28.2 Å². The van der Waals surface area contributed by atoms with Crippen molar-refractivity contribution in [1.29, 1.82) is 0 Å². The van der Waals surface area contributed by atoms with Crippen molar-refractivity contribution in [2.75, 3.05) is 31.5 Å². The summed E-state index contributed by atoms with van der Waals surface area (Å²) in [4.78, 5) is 30.5. The number of urea groups is 1. The Hall–Kier alpha value is -2.97. The van der Waals surface area contributed by atoms with Gasteiger partial charge in [0.15, 0.2) is 0 Å². The summed E-state index contributed by atoms with van der Waals surface area (Å²) in [6.45, 7) is 4.02. The number of halogens is 1. The molecule has 7 nitrogen and oxygen atoms in total. The Morgan fingerprint density at radius 2 is 1.79 bits per heavy atom. The maximum Gasteiger partial charge on any atom is 0.321 e. The van der Waals surface area contributed by atoms with Crippen LogP contribution in [-0.2, 0) is 5.75 Å². The van der Waals surface area contributed by atoms with E-state index >= 15 is 0 Å². The summed E-state index contributed by atoms with van der Waals surface area (Å²) < 4.78 is 5.29. The van der Waals surface area contributed by atoms with Crippen LogP contribution < -0.4 is 5.32 Å². The number of carbonyl (C=O) groups excluding carboxylic acids is 2. The predicted molar refractivity (Wildman–Crippen MR) is 130 cm³/mol. The van der Waals surface area contributed by atoms with Gasteiger partial charge >= 0.3 is 6.03 Å². The zero-order chi connectivity index (χ0) is 23.2. The highest BCUT2D eigenvalue weighted by Crippen LogP contribution is 2.28. The van der Waals surface area contributed by atoms with Gasteiger partial charge in [-0.05, 0) is 49.7 Å². The third-order valence-electron chi connectivity index (χ3n) is 5.33. The third-order valence-corrected chi connectivity index (χ3v) is 6.68. The van der Waals surface area contributed by atoms with Crippen LogP contribution in [0.2, 0.25) is 5.02 Å². The van der Waals surface area contributed by atoms with Crippen LogP contribution in [0.5, 0.6) is 0 Å². The number of rotatable bonds is 5. The molecule has 33 heavy (non-hydrogen) atoms. The van der Waals surface area contributed by atoms with Crippen molar-refractivity contribution < 1.29 is 14.1 Å². The Morgan fingerprint density at radius 1 is 1.06 bits per heavy atom. The lowest BCUT2D eigenvalue weighted by molar-refractivity contribution is 0.0759. The van der Waals surface area contributed by atoms with Crippen molar-refractivity contribution in [1.82, 2.24) is 15.0 Å². The summed E-state index contributed by atoms with van der Waals surface area (Å²) in [6.07, 6.45) is 0.715. The largest absolute Gasteiger partial charge is 0.360 e. The van der Waals surface area contributed by atoms with Crippen molar-refractivity contribution in [2.45, 2.75) is 24.0 Å². The molecular weight excluding hydrogens is 460 g/mol. The molecule has 1 aliphatic heterocycles. The topological polar surface area (TPSA) is 78.7 Å². The lowest BCUT2D eigenvalue weighted by atomic mass is 10.2. The molecule has 0 atom stereocenters. The van der Waals surface area contributed by atoms with Gasteiger partial charge in [-0.3, -0.25) is 4.79 Å².